The summed E-state index contributed by atoms with van der Waals surface area (Å²) in [5.74, 6) is 0.942. The molecule has 0 fully saturated rings. The number of carbonyl (C=O) groups is 1. The smallest absolute Gasteiger partial charge is 0.256 e. The molecule has 0 spiro atoms. The zero-order chi connectivity index (χ0) is 22.8. The number of methoxy groups -OCH3 is 1. The van der Waals surface area contributed by atoms with Crippen LogP contribution >= 0.6 is 0 Å². The maximum atomic E-state index is 13.0. The first-order valence-corrected chi connectivity index (χ1v) is 10.2. The Labute approximate surface area is 188 Å². The Hall–Kier alpha value is -4.52. The number of hydrogen-bond acceptors (Lipinski definition) is 5. The number of carbonyl (C=O) groups excluding carboxylic acids is 1. The van der Waals surface area contributed by atoms with Crippen molar-refractivity contribution >= 4 is 22.8 Å². The highest BCUT2D eigenvalue weighted by molar-refractivity contribution is 6.03. The standard InChI is InChI=1S/C26H18FN3O3/c1-32-21-10-4-17(5-11-21)26-29-22-12-6-18(14-23(22)33-26)19-7-13-24(28-15-19)30-25(31)16-2-8-20(27)9-3-16/h2-15H,1H3,(H,28,30,31). The van der Waals surface area contributed by atoms with E-state index in [0.717, 1.165) is 28.0 Å². The van der Waals surface area contributed by atoms with Crippen LogP contribution < -0.4 is 10.1 Å². The van der Waals surface area contributed by atoms with Crippen molar-refractivity contribution < 1.29 is 18.3 Å². The first kappa shape index (κ1) is 20.4. The first-order chi connectivity index (χ1) is 16.1. The highest BCUT2D eigenvalue weighted by atomic mass is 19.1. The Kier molecular flexibility index (Phi) is 5.28. The molecule has 0 bridgehead atoms. The van der Waals surface area contributed by atoms with Gasteiger partial charge in [0.05, 0.1) is 7.11 Å². The van der Waals surface area contributed by atoms with Crippen LogP contribution in [0, 0.1) is 5.82 Å². The number of amides is 1. The number of hydrogen-bond donors (Lipinski definition) is 1. The van der Waals surface area contributed by atoms with Gasteiger partial charge in [-0.2, -0.15) is 0 Å². The third-order valence-electron chi connectivity index (χ3n) is 5.17. The van der Waals surface area contributed by atoms with Crippen molar-refractivity contribution in [1.29, 1.82) is 0 Å². The van der Waals surface area contributed by atoms with Crippen molar-refractivity contribution in [3.05, 3.63) is 96.4 Å². The minimum Gasteiger partial charge on any atom is -0.497 e. The van der Waals surface area contributed by atoms with Crippen molar-refractivity contribution in [2.45, 2.75) is 0 Å². The summed E-state index contributed by atoms with van der Waals surface area (Å²) in [5, 5.41) is 2.71. The number of nitrogens with zero attached hydrogens (tertiary/aromatic N) is 2. The van der Waals surface area contributed by atoms with Crippen LogP contribution in [0.1, 0.15) is 10.4 Å². The number of benzene rings is 3. The fourth-order valence-corrected chi connectivity index (χ4v) is 3.39. The summed E-state index contributed by atoms with van der Waals surface area (Å²) in [6, 6.07) is 22.1. The van der Waals surface area contributed by atoms with E-state index in [4.69, 9.17) is 9.15 Å². The van der Waals surface area contributed by atoms with Crippen LogP contribution in [0.15, 0.2) is 89.5 Å². The Morgan fingerprint density at radius 1 is 0.909 bits per heavy atom. The molecule has 33 heavy (non-hydrogen) atoms. The summed E-state index contributed by atoms with van der Waals surface area (Å²) in [6.45, 7) is 0. The molecule has 3 aromatic carbocycles. The lowest BCUT2D eigenvalue weighted by Crippen LogP contribution is -2.12. The first-order valence-electron chi connectivity index (χ1n) is 10.2. The van der Waals surface area contributed by atoms with Crippen LogP contribution in [0.2, 0.25) is 0 Å². The summed E-state index contributed by atoms with van der Waals surface area (Å²) < 4.78 is 24.2. The second-order valence-corrected chi connectivity index (χ2v) is 7.32. The lowest BCUT2D eigenvalue weighted by Gasteiger charge is -2.06. The van der Waals surface area contributed by atoms with Gasteiger partial charge in [-0.3, -0.25) is 4.79 Å². The molecule has 0 aliphatic rings. The monoisotopic (exact) mass is 439 g/mol. The second kappa shape index (κ2) is 8.55. The topological polar surface area (TPSA) is 77.2 Å². The number of nitrogens with one attached hydrogen (secondary N) is 1. The SMILES string of the molecule is COc1ccc(-c2nc3ccc(-c4ccc(NC(=O)c5ccc(F)cc5)nc4)cc3o2)cc1. The summed E-state index contributed by atoms with van der Waals surface area (Å²) >= 11 is 0. The maximum Gasteiger partial charge on any atom is 0.256 e. The van der Waals surface area contributed by atoms with E-state index in [1.54, 1.807) is 19.4 Å². The van der Waals surface area contributed by atoms with E-state index in [-0.39, 0.29) is 5.91 Å². The molecule has 1 amide bonds. The zero-order valence-electron chi connectivity index (χ0n) is 17.6. The van der Waals surface area contributed by atoms with Crippen molar-refractivity contribution in [2.75, 3.05) is 12.4 Å². The minimum atomic E-state index is -0.395. The number of oxazole rings is 1. The van der Waals surface area contributed by atoms with Crippen LogP contribution in [-0.2, 0) is 0 Å². The Morgan fingerprint density at radius 3 is 2.33 bits per heavy atom. The molecule has 2 aromatic heterocycles. The predicted molar refractivity (Wildman–Crippen MR) is 124 cm³/mol. The van der Waals surface area contributed by atoms with E-state index in [1.165, 1.54) is 24.3 Å². The van der Waals surface area contributed by atoms with E-state index in [2.05, 4.69) is 15.3 Å². The summed E-state index contributed by atoms with van der Waals surface area (Å²) in [7, 11) is 1.62. The Balaban J connectivity index is 1.35. The minimum absolute atomic E-state index is 0.353. The molecule has 0 saturated heterocycles. The summed E-state index contributed by atoms with van der Waals surface area (Å²) in [5.41, 5.74) is 4.39. The molecular weight excluding hydrogens is 421 g/mol. The molecule has 0 unspecified atom stereocenters. The zero-order valence-corrected chi connectivity index (χ0v) is 17.6. The lowest BCUT2D eigenvalue weighted by molar-refractivity contribution is 0.102. The quantitative estimate of drug-likeness (QED) is 0.366. The molecule has 0 aliphatic heterocycles. The van der Waals surface area contributed by atoms with Gasteiger partial charge in [0.15, 0.2) is 5.58 Å². The Morgan fingerprint density at radius 2 is 1.64 bits per heavy atom. The van der Waals surface area contributed by atoms with E-state index >= 15 is 0 Å². The molecule has 0 saturated carbocycles. The van der Waals surface area contributed by atoms with E-state index in [1.807, 2.05) is 48.5 Å². The summed E-state index contributed by atoms with van der Waals surface area (Å²) in [6.07, 6.45) is 1.67. The molecule has 0 atom stereocenters. The molecule has 5 rings (SSSR count). The van der Waals surface area contributed by atoms with Gasteiger partial charge in [-0.05, 0) is 78.4 Å². The van der Waals surface area contributed by atoms with E-state index in [9.17, 15) is 9.18 Å². The number of rotatable bonds is 5. The number of ether oxygens (including phenoxy) is 1. The molecule has 2 heterocycles. The molecule has 162 valence electrons. The van der Waals surface area contributed by atoms with Crippen molar-refractivity contribution in [3.8, 4) is 28.3 Å². The molecule has 0 radical (unpaired) electrons. The Bertz CT molecular complexity index is 1430. The van der Waals surface area contributed by atoms with Gasteiger partial charge in [0.1, 0.15) is 22.9 Å². The van der Waals surface area contributed by atoms with Crippen LogP contribution in [0.4, 0.5) is 10.2 Å². The maximum absolute atomic E-state index is 13.0. The number of aromatic nitrogens is 2. The average molecular weight is 439 g/mol. The fourth-order valence-electron chi connectivity index (χ4n) is 3.39. The molecular formula is C26H18FN3O3. The molecule has 0 aliphatic carbocycles. The second-order valence-electron chi connectivity index (χ2n) is 7.32. The average Bonchev–Trinajstić information content (AvgIpc) is 3.28. The highest BCUT2D eigenvalue weighted by Crippen LogP contribution is 2.29. The predicted octanol–water partition coefficient (Wildman–Crippen LogP) is 5.96. The lowest BCUT2D eigenvalue weighted by atomic mass is 10.1. The number of halogens is 1. The van der Waals surface area contributed by atoms with Crippen molar-refractivity contribution in [3.63, 3.8) is 0 Å². The number of pyridine rings is 1. The third kappa shape index (κ3) is 4.29. The van der Waals surface area contributed by atoms with Gasteiger partial charge in [0.2, 0.25) is 5.89 Å². The van der Waals surface area contributed by atoms with Gasteiger partial charge in [0.25, 0.3) is 5.91 Å². The molecule has 7 heteroatoms. The molecule has 1 N–H and O–H groups in total. The third-order valence-corrected chi connectivity index (χ3v) is 5.17. The van der Waals surface area contributed by atoms with Gasteiger partial charge in [-0.15, -0.1) is 0 Å². The number of anilines is 1. The van der Waals surface area contributed by atoms with Crippen LogP contribution in [-0.4, -0.2) is 23.0 Å². The van der Waals surface area contributed by atoms with Gasteiger partial charge in [0, 0.05) is 22.9 Å². The molecule has 6 nitrogen and oxygen atoms in total. The number of fused-ring (bicyclic) bond motifs is 1. The van der Waals surface area contributed by atoms with Crippen LogP contribution in [0.3, 0.4) is 0 Å². The van der Waals surface area contributed by atoms with Crippen molar-refractivity contribution in [1.82, 2.24) is 9.97 Å². The van der Waals surface area contributed by atoms with Gasteiger partial charge in [-0.25, -0.2) is 14.4 Å². The van der Waals surface area contributed by atoms with E-state index in [0.29, 0.717) is 22.9 Å². The van der Waals surface area contributed by atoms with Gasteiger partial charge < -0.3 is 14.5 Å². The molecule has 5 aromatic rings. The highest BCUT2D eigenvalue weighted by Gasteiger charge is 2.11. The normalized spacial score (nSPS) is 10.8. The van der Waals surface area contributed by atoms with Crippen LogP contribution in [0.5, 0.6) is 5.75 Å². The van der Waals surface area contributed by atoms with Crippen LogP contribution in [0.25, 0.3) is 33.7 Å². The van der Waals surface area contributed by atoms with E-state index < -0.39 is 5.82 Å². The summed E-state index contributed by atoms with van der Waals surface area (Å²) in [4.78, 5) is 21.2. The van der Waals surface area contributed by atoms with Crippen molar-refractivity contribution in [2.24, 2.45) is 0 Å². The van der Waals surface area contributed by atoms with Gasteiger partial charge in [-0.1, -0.05) is 6.07 Å². The van der Waals surface area contributed by atoms with Gasteiger partial charge >= 0.3 is 0 Å². The largest absolute Gasteiger partial charge is 0.497 e. The fraction of sp³-hybridized carbons (Fsp3) is 0.0385.